The van der Waals surface area contributed by atoms with Crippen LogP contribution in [0.15, 0.2) is 71.2 Å². The third-order valence-corrected chi connectivity index (χ3v) is 4.18. The maximum Gasteiger partial charge on any atom is 0.250 e. The van der Waals surface area contributed by atoms with E-state index in [4.69, 9.17) is 26.1 Å². The van der Waals surface area contributed by atoms with Gasteiger partial charge in [0.1, 0.15) is 23.0 Å². The van der Waals surface area contributed by atoms with Crippen LogP contribution in [0.5, 0.6) is 11.5 Å². The first-order valence-corrected chi connectivity index (χ1v) is 9.17. The number of nitrogens with one attached hydrogen (secondary N) is 2. The van der Waals surface area contributed by atoms with E-state index in [1.54, 1.807) is 44.6 Å². The molecule has 0 saturated carbocycles. The van der Waals surface area contributed by atoms with Crippen molar-refractivity contribution in [2.75, 3.05) is 19.5 Å². The second kappa shape index (κ2) is 9.57. The summed E-state index contributed by atoms with van der Waals surface area (Å²) >= 11 is 5.20. The fourth-order valence-electron chi connectivity index (χ4n) is 2.58. The molecule has 0 aliphatic rings. The summed E-state index contributed by atoms with van der Waals surface area (Å²) in [6, 6.07) is 18.6. The Balaban J connectivity index is 1.59. The van der Waals surface area contributed by atoms with Crippen molar-refractivity contribution in [2.45, 2.75) is 0 Å². The van der Waals surface area contributed by atoms with E-state index in [0.29, 0.717) is 22.9 Å². The Morgan fingerprint density at radius 1 is 1.03 bits per heavy atom. The smallest absolute Gasteiger partial charge is 0.250 e. The minimum absolute atomic E-state index is 0.135. The van der Waals surface area contributed by atoms with Crippen LogP contribution in [0, 0.1) is 0 Å². The van der Waals surface area contributed by atoms with Crippen molar-refractivity contribution in [3.05, 3.63) is 72.5 Å². The first-order chi connectivity index (χ1) is 14.1. The molecule has 0 fully saturated rings. The number of amides is 1. The molecule has 29 heavy (non-hydrogen) atoms. The lowest BCUT2D eigenvalue weighted by Crippen LogP contribution is -2.32. The molecule has 0 spiro atoms. The molecule has 148 valence electrons. The average Bonchev–Trinajstić information content (AvgIpc) is 3.22. The van der Waals surface area contributed by atoms with Gasteiger partial charge in [-0.1, -0.05) is 30.3 Å². The van der Waals surface area contributed by atoms with Gasteiger partial charge in [0.25, 0.3) is 0 Å². The highest BCUT2D eigenvalue weighted by Crippen LogP contribution is 2.28. The molecule has 2 aromatic carbocycles. The number of anilines is 1. The van der Waals surface area contributed by atoms with E-state index < -0.39 is 0 Å². The van der Waals surface area contributed by atoms with Crippen molar-refractivity contribution in [1.29, 1.82) is 0 Å². The molecule has 1 heterocycles. The number of hydrogen-bond acceptors (Lipinski definition) is 5. The van der Waals surface area contributed by atoms with E-state index in [1.807, 2.05) is 36.4 Å². The van der Waals surface area contributed by atoms with E-state index in [0.717, 1.165) is 11.3 Å². The van der Waals surface area contributed by atoms with Crippen molar-refractivity contribution in [3.63, 3.8) is 0 Å². The van der Waals surface area contributed by atoms with Gasteiger partial charge >= 0.3 is 0 Å². The Hall–Kier alpha value is -3.58. The molecule has 6 nitrogen and oxygen atoms in total. The largest absolute Gasteiger partial charge is 0.497 e. The zero-order chi connectivity index (χ0) is 20.6. The van der Waals surface area contributed by atoms with Crippen molar-refractivity contribution in [1.82, 2.24) is 5.32 Å². The van der Waals surface area contributed by atoms with Crippen LogP contribution in [0.2, 0.25) is 0 Å². The van der Waals surface area contributed by atoms with E-state index in [9.17, 15) is 4.79 Å². The SMILES string of the molecule is COc1ccc(OC)c(NC(=S)NC(=O)/C=C/c2ccc(-c3ccccc3)o2)c1. The van der Waals surface area contributed by atoms with Gasteiger partial charge < -0.3 is 19.2 Å². The van der Waals surface area contributed by atoms with Gasteiger partial charge in [-0.05, 0) is 42.6 Å². The monoisotopic (exact) mass is 408 g/mol. The van der Waals surface area contributed by atoms with Crippen LogP contribution in [0.25, 0.3) is 17.4 Å². The van der Waals surface area contributed by atoms with E-state index in [2.05, 4.69) is 10.6 Å². The van der Waals surface area contributed by atoms with Crippen molar-refractivity contribution >= 4 is 35.0 Å². The third-order valence-electron chi connectivity index (χ3n) is 3.98. The van der Waals surface area contributed by atoms with Crippen molar-refractivity contribution in [2.24, 2.45) is 0 Å². The summed E-state index contributed by atoms with van der Waals surface area (Å²) in [4.78, 5) is 12.1. The minimum Gasteiger partial charge on any atom is -0.497 e. The maximum atomic E-state index is 12.1. The molecule has 2 N–H and O–H groups in total. The molecular weight excluding hydrogens is 388 g/mol. The van der Waals surface area contributed by atoms with Gasteiger partial charge in [0.15, 0.2) is 5.11 Å². The number of benzene rings is 2. The highest BCUT2D eigenvalue weighted by molar-refractivity contribution is 7.80. The molecule has 0 aliphatic heterocycles. The Morgan fingerprint density at radius 2 is 1.83 bits per heavy atom. The van der Waals surface area contributed by atoms with Crippen molar-refractivity contribution < 1.29 is 18.7 Å². The molecule has 7 heteroatoms. The Labute approximate surface area is 174 Å². The van der Waals surface area contributed by atoms with Gasteiger partial charge in [0.2, 0.25) is 5.91 Å². The fraction of sp³-hybridized carbons (Fsp3) is 0.0909. The second-order valence-electron chi connectivity index (χ2n) is 5.91. The number of thiocarbonyl (C=S) groups is 1. The van der Waals surface area contributed by atoms with Crippen LogP contribution < -0.4 is 20.1 Å². The van der Waals surface area contributed by atoms with Crippen LogP contribution in [0.4, 0.5) is 5.69 Å². The minimum atomic E-state index is -0.387. The molecule has 0 aliphatic carbocycles. The summed E-state index contributed by atoms with van der Waals surface area (Å²) in [6.07, 6.45) is 2.93. The van der Waals surface area contributed by atoms with E-state index in [-0.39, 0.29) is 11.0 Å². The lowest BCUT2D eigenvalue weighted by atomic mass is 10.2. The normalized spacial score (nSPS) is 10.6. The van der Waals surface area contributed by atoms with Crippen LogP contribution in [-0.4, -0.2) is 25.2 Å². The lowest BCUT2D eigenvalue weighted by molar-refractivity contribution is -0.115. The lowest BCUT2D eigenvalue weighted by Gasteiger charge is -2.13. The summed E-state index contributed by atoms with van der Waals surface area (Å²) in [5.74, 6) is 2.11. The average molecular weight is 408 g/mol. The first kappa shape index (κ1) is 20.2. The van der Waals surface area contributed by atoms with Crippen LogP contribution in [0.3, 0.4) is 0 Å². The van der Waals surface area contributed by atoms with Crippen molar-refractivity contribution in [3.8, 4) is 22.8 Å². The summed E-state index contributed by atoms with van der Waals surface area (Å²) in [6.45, 7) is 0. The van der Waals surface area contributed by atoms with Gasteiger partial charge in [0.05, 0.1) is 19.9 Å². The number of ether oxygens (including phenoxy) is 2. The summed E-state index contributed by atoms with van der Waals surface area (Å²) in [5.41, 5.74) is 1.55. The predicted molar refractivity (Wildman–Crippen MR) is 117 cm³/mol. The molecule has 0 atom stereocenters. The fourth-order valence-corrected chi connectivity index (χ4v) is 2.79. The molecule has 0 unspecified atom stereocenters. The second-order valence-corrected chi connectivity index (χ2v) is 6.32. The van der Waals surface area contributed by atoms with Gasteiger partial charge in [-0.3, -0.25) is 10.1 Å². The van der Waals surface area contributed by atoms with Gasteiger partial charge in [-0.25, -0.2) is 0 Å². The zero-order valence-electron chi connectivity index (χ0n) is 16.0. The molecule has 3 rings (SSSR count). The summed E-state index contributed by atoms with van der Waals surface area (Å²) < 4.78 is 16.2. The topological polar surface area (TPSA) is 72.7 Å². The van der Waals surface area contributed by atoms with E-state index in [1.165, 1.54) is 6.08 Å². The highest BCUT2D eigenvalue weighted by Gasteiger charge is 2.09. The number of carbonyl (C=O) groups excluding carboxylic acids is 1. The predicted octanol–water partition coefficient (Wildman–Crippen LogP) is 4.49. The molecule has 3 aromatic rings. The zero-order valence-corrected chi connectivity index (χ0v) is 16.8. The number of carbonyl (C=O) groups is 1. The van der Waals surface area contributed by atoms with E-state index >= 15 is 0 Å². The molecule has 1 amide bonds. The standard InChI is InChI=1S/C22H20N2O4S/c1-26-17-9-12-20(27-2)18(14-17)23-22(29)24-21(25)13-10-16-8-11-19(28-16)15-6-4-3-5-7-15/h3-14H,1-2H3,(H2,23,24,25,29)/b13-10+. The Kier molecular flexibility index (Phi) is 6.65. The molecule has 0 radical (unpaired) electrons. The van der Waals surface area contributed by atoms with Gasteiger partial charge in [-0.15, -0.1) is 0 Å². The highest BCUT2D eigenvalue weighted by atomic mass is 32.1. The number of methoxy groups -OCH3 is 2. The van der Waals surface area contributed by atoms with Crippen LogP contribution in [0.1, 0.15) is 5.76 Å². The number of furan rings is 1. The van der Waals surface area contributed by atoms with Gasteiger partial charge in [-0.2, -0.15) is 0 Å². The number of hydrogen-bond donors (Lipinski definition) is 2. The van der Waals surface area contributed by atoms with Gasteiger partial charge in [0, 0.05) is 17.7 Å². The molecule has 0 bridgehead atoms. The van der Waals surface area contributed by atoms with Crippen LogP contribution >= 0.6 is 12.2 Å². The third kappa shape index (κ3) is 5.46. The molecule has 1 aromatic heterocycles. The Morgan fingerprint density at radius 3 is 2.55 bits per heavy atom. The summed E-state index contributed by atoms with van der Waals surface area (Å²) in [5, 5.41) is 5.65. The maximum absolute atomic E-state index is 12.1. The molecule has 0 saturated heterocycles. The van der Waals surface area contributed by atoms with Crippen LogP contribution in [-0.2, 0) is 4.79 Å². The summed E-state index contributed by atoms with van der Waals surface area (Å²) in [7, 11) is 3.11. The molecular formula is C22H20N2O4S. The first-order valence-electron chi connectivity index (χ1n) is 8.76. The Bertz CT molecular complexity index is 1030. The quantitative estimate of drug-likeness (QED) is 0.463. The number of rotatable bonds is 6.